The van der Waals surface area contributed by atoms with E-state index in [1.165, 1.54) is 0 Å². The number of rotatable bonds is 2. The molecular formula is C13H13F3N4O. The molecular weight excluding hydrogens is 285 g/mol. The van der Waals surface area contributed by atoms with Crippen LogP contribution in [0.4, 0.5) is 19.1 Å². The van der Waals surface area contributed by atoms with Crippen LogP contribution in [0.1, 0.15) is 24.2 Å². The molecule has 1 aliphatic heterocycles. The van der Waals surface area contributed by atoms with Crippen LogP contribution in [0, 0.1) is 0 Å². The molecule has 1 atom stereocenters. The zero-order valence-electron chi connectivity index (χ0n) is 11.0. The number of alkyl halides is 3. The highest BCUT2D eigenvalue weighted by Crippen LogP contribution is 2.41. The molecule has 2 heterocycles. The molecule has 0 amide bonds. The third kappa shape index (κ3) is 2.46. The first kappa shape index (κ1) is 13.9. The van der Waals surface area contributed by atoms with Gasteiger partial charge >= 0.3 is 6.36 Å². The number of hydrogen-bond donors (Lipinski definition) is 1. The summed E-state index contributed by atoms with van der Waals surface area (Å²) in [7, 11) is 0. The lowest BCUT2D eigenvalue weighted by Gasteiger charge is -2.38. The Labute approximate surface area is 118 Å². The average Bonchev–Trinajstić information content (AvgIpc) is 2.80. The molecule has 1 unspecified atom stereocenters. The van der Waals surface area contributed by atoms with Crippen LogP contribution in [0.5, 0.6) is 0 Å². The van der Waals surface area contributed by atoms with Gasteiger partial charge in [0.2, 0.25) is 5.95 Å². The second kappa shape index (κ2) is 4.73. The number of ether oxygens (including phenoxy) is 1. The van der Waals surface area contributed by atoms with Gasteiger partial charge in [0.15, 0.2) is 5.72 Å². The van der Waals surface area contributed by atoms with Crippen molar-refractivity contribution < 1.29 is 17.9 Å². The molecule has 0 fully saturated rings. The van der Waals surface area contributed by atoms with Crippen molar-refractivity contribution in [2.75, 3.05) is 5.73 Å². The van der Waals surface area contributed by atoms with E-state index >= 15 is 0 Å². The van der Waals surface area contributed by atoms with E-state index in [-0.39, 0.29) is 12.4 Å². The van der Waals surface area contributed by atoms with Gasteiger partial charge in [0, 0.05) is 18.4 Å². The van der Waals surface area contributed by atoms with Crippen molar-refractivity contribution in [3.05, 3.63) is 41.7 Å². The highest BCUT2D eigenvalue weighted by molar-refractivity contribution is 5.27. The van der Waals surface area contributed by atoms with E-state index in [0.717, 1.165) is 4.68 Å². The maximum Gasteiger partial charge on any atom is 0.524 e. The quantitative estimate of drug-likeness (QED) is 0.924. The van der Waals surface area contributed by atoms with Crippen LogP contribution in [0.15, 0.2) is 30.3 Å². The number of benzene rings is 1. The van der Waals surface area contributed by atoms with Gasteiger partial charge in [-0.3, -0.25) is 4.74 Å². The van der Waals surface area contributed by atoms with Gasteiger partial charge < -0.3 is 5.73 Å². The third-order valence-corrected chi connectivity index (χ3v) is 3.46. The minimum Gasteiger partial charge on any atom is -0.366 e. The van der Waals surface area contributed by atoms with Crippen LogP contribution in [0.3, 0.4) is 0 Å². The van der Waals surface area contributed by atoms with Gasteiger partial charge in [-0.1, -0.05) is 30.3 Å². The summed E-state index contributed by atoms with van der Waals surface area (Å²) in [4.78, 5) is 3.98. The van der Waals surface area contributed by atoms with E-state index in [0.29, 0.717) is 24.2 Å². The molecule has 8 heteroatoms. The summed E-state index contributed by atoms with van der Waals surface area (Å²) in [6, 6.07) is 8.21. The Hall–Kier alpha value is -2.09. The zero-order valence-corrected chi connectivity index (χ0v) is 11.0. The monoisotopic (exact) mass is 298 g/mol. The lowest BCUT2D eigenvalue weighted by Crippen LogP contribution is -2.46. The van der Waals surface area contributed by atoms with Crippen molar-refractivity contribution in [3.63, 3.8) is 0 Å². The Morgan fingerprint density at radius 2 is 1.95 bits per heavy atom. The van der Waals surface area contributed by atoms with Gasteiger partial charge in [-0.05, 0) is 6.42 Å². The summed E-state index contributed by atoms with van der Waals surface area (Å²) >= 11 is 0. The first-order valence-corrected chi connectivity index (χ1v) is 6.45. The molecule has 0 saturated heterocycles. The highest BCUT2D eigenvalue weighted by Gasteiger charge is 2.49. The molecule has 3 rings (SSSR count). The number of nitrogens with two attached hydrogens (primary N) is 1. The van der Waals surface area contributed by atoms with Crippen LogP contribution in [-0.2, 0) is 16.9 Å². The summed E-state index contributed by atoms with van der Waals surface area (Å²) in [5, 5.41) is 3.92. The van der Waals surface area contributed by atoms with Gasteiger partial charge in [0.1, 0.15) is 5.82 Å². The van der Waals surface area contributed by atoms with E-state index in [1.807, 2.05) is 0 Å². The second-order valence-corrected chi connectivity index (χ2v) is 4.85. The predicted octanol–water partition coefficient (Wildman–Crippen LogP) is 2.43. The lowest BCUT2D eigenvalue weighted by molar-refractivity contribution is -0.381. The van der Waals surface area contributed by atoms with Crippen LogP contribution >= 0.6 is 0 Å². The maximum absolute atomic E-state index is 13.0. The van der Waals surface area contributed by atoms with Crippen molar-refractivity contribution in [1.82, 2.24) is 14.8 Å². The molecule has 0 aliphatic carbocycles. The first-order valence-electron chi connectivity index (χ1n) is 6.45. The van der Waals surface area contributed by atoms with E-state index in [2.05, 4.69) is 14.8 Å². The fourth-order valence-electron chi connectivity index (χ4n) is 2.72. The molecule has 112 valence electrons. The van der Waals surface area contributed by atoms with Gasteiger partial charge in [-0.15, -0.1) is 18.3 Å². The van der Waals surface area contributed by atoms with Crippen LogP contribution in [0.25, 0.3) is 0 Å². The fraction of sp³-hybridized carbons (Fsp3) is 0.385. The molecule has 5 nitrogen and oxygen atoms in total. The molecule has 0 saturated carbocycles. The summed E-state index contributed by atoms with van der Waals surface area (Å²) < 4.78 is 44.5. The molecule has 2 N–H and O–H groups in total. The van der Waals surface area contributed by atoms with Crippen molar-refractivity contribution in [2.45, 2.75) is 31.3 Å². The Morgan fingerprint density at radius 1 is 1.24 bits per heavy atom. The van der Waals surface area contributed by atoms with Crippen LogP contribution < -0.4 is 5.73 Å². The molecule has 1 aromatic heterocycles. The van der Waals surface area contributed by atoms with E-state index in [9.17, 15) is 13.2 Å². The van der Waals surface area contributed by atoms with Gasteiger partial charge in [-0.25, -0.2) is 4.68 Å². The van der Waals surface area contributed by atoms with Crippen molar-refractivity contribution >= 4 is 5.95 Å². The number of halogens is 3. The number of hydrogen-bond acceptors (Lipinski definition) is 4. The Balaban J connectivity index is 2.19. The third-order valence-electron chi connectivity index (χ3n) is 3.46. The zero-order chi connectivity index (χ0) is 15.1. The summed E-state index contributed by atoms with van der Waals surface area (Å²) in [5.41, 5.74) is 4.16. The Bertz CT molecular complexity index is 641. The topological polar surface area (TPSA) is 66.0 Å². The van der Waals surface area contributed by atoms with E-state index in [4.69, 9.17) is 5.73 Å². The van der Waals surface area contributed by atoms with E-state index in [1.54, 1.807) is 30.3 Å². The molecule has 1 aromatic carbocycles. The summed E-state index contributed by atoms with van der Waals surface area (Å²) in [6.07, 6.45) is -3.64. The number of nitrogens with zero attached hydrogens (tertiary/aromatic N) is 3. The molecule has 0 bridgehead atoms. The number of aromatic nitrogens is 3. The minimum atomic E-state index is -4.80. The second-order valence-electron chi connectivity index (χ2n) is 4.85. The maximum atomic E-state index is 13.0. The number of aryl methyl sites for hydroxylation is 1. The first-order chi connectivity index (χ1) is 9.91. The molecule has 2 aromatic rings. The molecule has 21 heavy (non-hydrogen) atoms. The highest BCUT2D eigenvalue weighted by atomic mass is 19.4. The predicted molar refractivity (Wildman–Crippen MR) is 68.0 cm³/mol. The Kier molecular flexibility index (Phi) is 3.12. The van der Waals surface area contributed by atoms with Crippen molar-refractivity contribution in [1.29, 1.82) is 0 Å². The van der Waals surface area contributed by atoms with Gasteiger partial charge in [-0.2, -0.15) is 4.98 Å². The minimum absolute atomic E-state index is 0.0574. The number of fused-ring (bicyclic) bond motifs is 1. The molecule has 1 aliphatic rings. The molecule has 0 spiro atoms. The summed E-state index contributed by atoms with van der Waals surface area (Å²) in [5.74, 6) is 0.338. The number of nitrogen functional groups attached to an aromatic ring is 1. The van der Waals surface area contributed by atoms with Crippen molar-refractivity contribution in [2.24, 2.45) is 0 Å². The number of anilines is 1. The van der Waals surface area contributed by atoms with Crippen LogP contribution in [0.2, 0.25) is 0 Å². The van der Waals surface area contributed by atoms with Gasteiger partial charge in [0.05, 0.1) is 0 Å². The summed E-state index contributed by atoms with van der Waals surface area (Å²) in [6.45, 7) is 0. The standard InChI is InChI=1S/C13H13F3N4O/c14-13(15,16)21-12(9-5-2-1-3-6-9)8-4-7-10-18-11(17)19-20(10)12/h1-3,5-6H,4,7-8H2,(H2,17,19). The van der Waals surface area contributed by atoms with E-state index < -0.39 is 12.1 Å². The van der Waals surface area contributed by atoms with Crippen molar-refractivity contribution in [3.8, 4) is 0 Å². The smallest absolute Gasteiger partial charge is 0.366 e. The van der Waals surface area contributed by atoms with Crippen LogP contribution in [-0.4, -0.2) is 21.1 Å². The fourth-order valence-corrected chi connectivity index (χ4v) is 2.72. The normalized spacial score (nSPS) is 22.0. The largest absolute Gasteiger partial charge is 0.524 e. The SMILES string of the molecule is Nc1nc2n(n1)C(OC(F)(F)F)(c1ccccc1)CCC2. The average molecular weight is 298 g/mol. The van der Waals surface area contributed by atoms with Gasteiger partial charge in [0.25, 0.3) is 0 Å². The molecule has 0 radical (unpaired) electrons. The lowest BCUT2D eigenvalue weighted by atomic mass is 9.93. The Morgan fingerprint density at radius 3 is 2.62 bits per heavy atom.